The Labute approximate surface area is 119 Å². The average Bonchev–Trinajstić information content (AvgIpc) is 2.84. The summed E-state index contributed by atoms with van der Waals surface area (Å²) >= 11 is 0. The van der Waals surface area contributed by atoms with Crippen molar-refractivity contribution in [1.29, 1.82) is 0 Å². The largest absolute Gasteiger partial charge is 0.477 e. The van der Waals surface area contributed by atoms with Crippen LogP contribution in [0.2, 0.25) is 0 Å². The van der Waals surface area contributed by atoms with Gasteiger partial charge in [0.2, 0.25) is 0 Å². The molecule has 2 aromatic rings. The van der Waals surface area contributed by atoms with Gasteiger partial charge >= 0.3 is 11.7 Å². The van der Waals surface area contributed by atoms with Gasteiger partial charge < -0.3 is 15.0 Å². The summed E-state index contributed by atoms with van der Waals surface area (Å²) in [7, 11) is 1.75. The SMILES string of the molecule is CC(Nc1cccc(C(=O)O)c1[N+](=O)[O-])c1nncn1C. The molecule has 0 saturated heterocycles. The second-order valence-corrected chi connectivity index (χ2v) is 4.43. The van der Waals surface area contributed by atoms with Crippen molar-refractivity contribution in [3.8, 4) is 0 Å². The van der Waals surface area contributed by atoms with Crippen LogP contribution in [-0.2, 0) is 7.05 Å². The van der Waals surface area contributed by atoms with Gasteiger partial charge in [-0.1, -0.05) is 6.07 Å². The summed E-state index contributed by atoms with van der Waals surface area (Å²) in [6.45, 7) is 1.75. The molecule has 110 valence electrons. The van der Waals surface area contributed by atoms with Gasteiger partial charge in [-0.05, 0) is 19.1 Å². The number of rotatable bonds is 5. The van der Waals surface area contributed by atoms with Gasteiger partial charge in [0, 0.05) is 7.05 Å². The molecule has 0 aliphatic heterocycles. The van der Waals surface area contributed by atoms with Crippen LogP contribution in [0, 0.1) is 10.1 Å². The van der Waals surface area contributed by atoms with Crippen LogP contribution in [0.5, 0.6) is 0 Å². The molecule has 2 rings (SSSR count). The number of carbonyl (C=O) groups is 1. The van der Waals surface area contributed by atoms with Crippen molar-refractivity contribution >= 4 is 17.3 Å². The number of anilines is 1. The van der Waals surface area contributed by atoms with Crippen LogP contribution in [0.3, 0.4) is 0 Å². The van der Waals surface area contributed by atoms with E-state index in [0.29, 0.717) is 5.82 Å². The first kappa shape index (κ1) is 14.4. The Hall–Kier alpha value is -2.97. The maximum Gasteiger partial charge on any atom is 0.342 e. The molecule has 0 amide bonds. The number of aromatic nitrogens is 3. The summed E-state index contributed by atoms with van der Waals surface area (Å²) in [5.41, 5.74) is -0.718. The van der Waals surface area contributed by atoms with Crippen molar-refractivity contribution < 1.29 is 14.8 Å². The topological polar surface area (TPSA) is 123 Å². The zero-order valence-electron chi connectivity index (χ0n) is 11.3. The Morgan fingerprint density at radius 1 is 1.52 bits per heavy atom. The van der Waals surface area contributed by atoms with E-state index in [0.717, 1.165) is 0 Å². The summed E-state index contributed by atoms with van der Waals surface area (Å²) in [5, 5.41) is 30.7. The quantitative estimate of drug-likeness (QED) is 0.633. The summed E-state index contributed by atoms with van der Waals surface area (Å²) in [5.74, 6) is -0.776. The number of nitro groups is 1. The molecule has 21 heavy (non-hydrogen) atoms. The number of benzene rings is 1. The monoisotopic (exact) mass is 291 g/mol. The molecule has 0 bridgehead atoms. The number of nitro benzene ring substituents is 1. The summed E-state index contributed by atoms with van der Waals surface area (Å²) in [4.78, 5) is 21.5. The molecule has 1 heterocycles. The lowest BCUT2D eigenvalue weighted by Crippen LogP contribution is -2.14. The van der Waals surface area contributed by atoms with Gasteiger partial charge in [-0.15, -0.1) is 10.2 Å². The van der Waals surface area contributed by atoms with Crippen LogP contribution >= 0.6 is 0 Å². The van der Waals surface area contributed by atoms with Crippen molar-refractivity contribution in [2.45, 2.75) is 13.0 Å². The number of aryl methyl sites for hydroxylation is 1. The van der Waals surface area contributed by atoms with Crippen molar-refractivity contribution in [2.24, 2.45) is 7.05 Å². The Balaban J connectivity index is 2.40. The number of hydrogen-bond acceptors (Lipinski definition) is 6. The van der Waals surface area contributed by atoms with Crippen LogP contribution < -0.4 is 5.32 Å². The third-order valence-electron chi connectivity index (χ3n) is 2.95. The van der Waals surface area contributed by atoms with Crippen LogP contribution in [0.25, 0.3) is 0 Å². The average molecular weight is 291 g/mol. The van der Waals surface area contributed by atoms with Crippen LogP contribution in [0.15, 0.2) is 24.5 Å². The number of carboxylic acids is 1. The molecule has 0 spiro atoms. The van der Waals surface area contributed by atoms with E-state index < -0.39 is 16.6 Å². The van der Waals surface area contributed by atoms with E-state index in [-0.39, 0.29) is 17.3 Å². The molecule has 9 nitrogen and oxygen atoms in total. The maximum atomic E-state index is 11.2. The first-order valence-corrected chi connectivity index (χ1v) is 6.03. The van der Waals surface area contributed by atoms with Gasteiger partial charge in [-0.3, -0.25) is 10.1 Å². The smallest absolute Gasteiger partial charge is 0.342 e. The van der Waals surface area contributed by atoms with Gasteiger partial charge in [0.05, 0.1) is 11.0 Å². The number of nitrogens with zero attached hydrogens (tertiary/aromatic N) is 4. The van der Waals surface area contributed by atoms with E-state index in [4.69, 9.17) is 5.11 Å². The van der Waals surface area contributed by atoms with Gasteiger partial charge in [0.1, 0.15) is 17.6 Å². The highest BCUT2D eigenvalue weighted by molar-refractivity contribution is 5.95. The number of carboxylic acid groups (broad SMARTS) is 1. The number of hydrogen-bond donors (Lipinski definition) is 2. The summed E-state index contributed by atoms with van der Waals surface area (Å²) < 4.78 is 1.67. The first-order valence-electron chi connectivity index (χ1n) is 6.03. The van der Waals surface area contributed by atoms with E-state index >= 15 is 0 Å². The lowest BCUT2D eigenvalue weighted by atomic mass is 10.1. The molecule has 0 aliphatic carbocycles. The fraction of sp³-hybridized carbons (Fsp3) is 0.250. The lowest BCUT2D eigenvalue weighted by molar-refractivity contribution is -0.384. The van der Waals surface area contributed by atoms with E-state index in [1.54, 1.807) is 18.5 Å². The van der Waals surface area contributed by atoms with Gasteiger partial charge in [-0.25, -0.2) is 4.79 Å². The molecular weight excluding hydrogens is 278 g/mol. The summed E-state index contributed by atoms with van der Waals surface area (Å²) in [6.07, 6.45) is 1.51. The minimum Gasteiger partial charge on any atom is -0.477 e. The summed E-state index contributed by atoms with van der Waals surface area (Å²) in [6, 6.07) is 3.72. The highest BCUT2D eigenvalue weighted by Gasteiger charge is 2.25. The zero-order valence-corrected chi connectivity index (χ0v) is 11.3. The van der Waals surface area contributed by atoms with Crippen molar-refractivity contribution in [2.75, 3.05) is 5.32 Å². The van der Waals surface area contributed by atoms with Crippen LogP contribution in [-0.4, -0.2) is 30.8 Å². The lowest BCUT2D eigenvalue weighted by Gasteiger charge is -2.15. The number of para-hydroxylation sites is 1. The number of aromatic carboxylic acids is 1. The predicted octanol–water partition coefficient (Wildman–Crippen LogP) is 1.59. The number of nitrogens with one attached hydrogen (secondary N) is 1. The normalized spacial score (nSPS) is 11.9. The van der Waals surface area contributed by atoms with Gasteiger partial charge in [0.15, 0.2) is 5.82 Å². The van der Waals surface area contributed by atoms with Crippen LogP contribution in [0.1, 0.15) is 29.1 Å². The minimum atomic E-state index is -1.35. The molecule has 9 heteroatoms. The van der Waals surface area contributed by atoms with E-state index in [2.05, 4.69) is 15.5 Å². The predicted molar refractivity (Wildman–Crippen MR) is 73.1 cm³/mol. The Morgan fingerprint density at radius 2 is 2.24 bits per heavy atom. The molecule has 0 saturated carbocycles. The molecule has 0 fully saturated rings. The van der Waals surface area contributed by atoms with E-state index in [1.807, 2.05) is 0 Å². The maximum absolute atomic E-state index is 11.2. The molecule has 1 aromatic carbocycles. The first-order chi connectivity index (χ1) is 9.91. The Bertz CT molecular complexity index is 697. The standard InChI is InChI=1S/C12H13N5O4/c1-7(11-15-13-6-16(11)2)14-9-5-3-4-8(12(18)19)10(9)17(20)21/h3-7,14H,1-2H3,(H,18,19). The molecule has 2 N–H and O–H groups in total. The molecule has 1 unspecified atom stereocenters. The highest BCUT2D eigenvalue weighted by Crippen LogP contribution is 2.31. The second kappa shape index (κ2) is 5.57. The fourth-order valence-electron chi connectivity index (χ4n) is 2.01. The van der Waals surface area contributed by atoms with Crippen LogP contribution in [0.4, 0.5) is 11.4 Å². The Morgan fingerprint density at radius 3 is 2.76 bits per heavy atom. The van der Waals surface area contributed by atoms with Crippen molar-refractivity contribution in [1.82, 2.24) is 14.8 Å². The van der Waals surface area contributed by atoms with Gasteiger partial charge in [0.25, 0.3) is 0 Å². The molecule has 1 aromatic heterocycles. The Kier molecular flexibility index (Phi) is 3.83. The molecule has 0 aliphatic rings. The van der Waals surface area contributed by atoms with Crippen molar-refractivity contribution in [3.63, 3.8) is 0 Å². The minimum absolute atomic E-state index is 0.121. The fourth-order valence-corrected chi connectivity index (χ4v) is 2.01. The molecular formula is C12H13N5O4. The molecule has 0 radical (unpaired) electrons. The van der Waals surface area contributed by atoms with Crippen molar-refractivity contribution in [3.05, 3.63) is 46.0 Å². The van der Waals surface area contributed by atoms with E-state index in [1.165, 1.54) is 24.5 Å². The zero-order chi connectivity index (χ0) is 15.6. The third-order valence-corrected chi connectivity index (χ3v) is 2.95. The highest BCUT2D eigenvalue weighted by atomic mass is 16.6. The third kappa shape index (κ3) is 2.81. The molecule has 1 atom stereocenters. The van der Waals surface area contributed by atoms with E-state index in [9.17, 15) is 14.9 Å². The van der Waals surface area contributed by atoms with Gasteiger partial charge in [-0.2, -0.15) is 0 Å². The second-order valence-electron chi connectivity index (χ2n) is 4.43.